The standard InChI is InChI=1S/C24H23N5O2/c1-12-7-6-8-16(9-12)27-23-22-17-11-20(30-5)18(21-13(2)29-31-14(21)3)10-19(17)28-24(22)26-15(4)25-23/h6-11H,1-5H3,(H2,25,26,27,28). The lowest BCUT2D eigenvalue weighted by Gasteiger charge is -2.10. The zero-order valence-electron chi connectivity index (χ0n) is 18.1. The van der Waals surface area contributed by atoms with Crippen molar-refractivity contribution in [2.75, 3.05) is 12.4 Å². The number of aromatic amines is 1. The van der Waals surface area contributed by atoms with E-state index in [9.17, 15) is 0 Å². The summed E-state index contributed by atoms with van der Waals surface area (Å²) in [6.07, 6.45) is 0. The minimum absolute atomic E-state index is 0.687. The summed E-state index contributed by atoms with van der Waals surface area (Å²) in [5.41, 5.74) is 6.57. The van der Waals surface area contributed by atoms with Gasteiger partial charge in [-0.05, 0) is 57.5 Å². The first-order valence-electron chi connectivity index (χ1n) is 10.1. The molecule has 3 aromatic heterocycles. The van der Waals surface area contributed by atoms with Crippen LogP contribution < -0.4 is 10.1 Å². The molecule has 0 atom stereocenters. The van der Waals surface area contributed by atoms with Crippen LogP contribution in [0.5, 0.6) is 5.75 Å². The normalized spacial score (nSPS) is 11.4. The number of aromatic nitrogens is 4. The van der Waals surface area contributed by atoms with Crippen molar-refractivity contribution in [3.8, 4) is 16.9 Å². The number of hydrogen-bond acceptors (Lipinski definition) is 6. The average molecular weight is 413 g/mol. The van der Waals surface area contributed by atoms with Gasteiger partial charge in [0.2, 0.25) is 0 Å². The second-order valence-electron chi connectivity index (χ2n) is 7.76. The number of H-pyrrole nitrogens is 1. The van der Waals surface area contributed by atoms with Crippen LogP contribution in [0.15, 0.2) is 40.9 Å². The number of aryl methyl sites for hydroxylation is 4. The van der Waals surface area contributed by atoms with E-state index in [1.165, 1.54) is 5.56 Å². The van der Waals surface area contributed by atoms with Gasteiger partial charge in [-0.15, -0.1) is 0 Å². The van der Waals surface area contributed by atoms with Crippen molar-refractivity contribution in [2.45, 2.75) is 27.7 Å². The molecule has 0 unspecified atom stereocenters. The topological polar surface area (TPSA) is 88.9 Å². The van der Waals surface area contributed by atoms with Gasteiger partial charge in [0.1, 0.15) is 28.8 Å². The number of benzene rings is 2. The molecule has 0 saturated carbocycles. The Bertz CT molecular complexity index is 1430. The number of methoxy groups -OCH3 is 1. The Hall–Kier alpha value is -3.87. The molecule has 31 heavy (non-hydrogen) atoms. The molecule has 0 radical (unpaired) electrons. The number of ether oxygens (including phenoxy) is 1. The molecule has 0 aliphatic rings. The fourth-order valence-electron chi connectivity index (χ4n) is 4.12. The lowest BCUT2D eigenvalue weighted by Crippen LogP contribution is -1.98. The van der Waals surface area contributed by atoms with Crippen LogP contribution >= 0.6 is 0 Å². The molecule has 156 valence electrons. The molecule has 7 nitrogen and oxygen atoms in total. The van der Waals surface area contributed by atoms with Gasteiger partial charge in [-0.3, -0.25) is 0 Å². The van der Waals surface area contributed by atoms with E-state index in [4.69, 9.17) is 14.2 Å². The van der Waals surface area contributed by atoms with Crippen LogP contribution in [0.2, 0.25) is 0 Å². The van der Waals surface area contributed by atoms with Crippen LogP contribution in [0.1, 0.15) is 22.8 Å². The molecule has 0 saturated heterocycles. The number of rotatable bonds is 4. The summed E-state index contributed by atoms with van der Waals surface area (Å²) in [5.74, 6) is 2.94. The first-order valence-corrected chi connectivity index (χ1v) is 10.1. The van der Waals surface area contributed by atoms with Crippen molar-refractivity contribution < 1.29 is 9.26 Å². The predicted molar refractivity (Wildman–Crippen MR) is 122 cm³/mol. The van der Waals surface area contributed by atoms with Crippen LogP contribution in [0.4, 0.5) is 11.5 Å². The summed E-state index contributed by atoms with van der Waals surface area (Å²) < 4.78 is 11.1. The van der Waals surface area contributed by atoms with Crippen molar-refractivity contribution >= 4 is 33.4 Å². The maximum Gasteiger partial charge on any atom is 0.144 e. The molecule has 5 rings (SSSR count). The number of nitrogens with one attached hydrogen (secondary N) is 2. The number of anilines is 2. The molecule has 5 aromatic rings. The molecule has 7 heteroatoms. The average Bonchev–Trinajstić information content (AvgIpc) is 3.25. The molecule has 3 heterocycles. The maximum absolute atomic E-state index is 5.76. The van der Waals surface area contributed by atoms with Gasteiger partial charge in [-0.25, -0.2) is 9.97 Å². The van der Waals surface area contributed by atoms with Crippen LogP contribution in [0.25, 0.3) is 33.1 Å². The second kappa shape index (κ2) is 7.12. The summed E-state index contributed by atoms with van der Waals surface area (Å²) >= 11 is 0. The zero-order valence-corrected chi connectivity index (χ0v) is 18.1. The second-order valence-corrected chi connectivity index (χ2v) is 7.76. The first kappa shape index (κ1) is 19.1. The van der Waals surface area contributed by atoms with Crippen molar-refractivity contribution in [1.29, 1.82) is 0 Å². The molecule has 0 bridgehead atoms. The van der Waals surface area contributed by atoms with Gasteiger partial charge < -0.3 is 19.6 Å². The Kier molecular flexibility index (Phi) is 4.39. The maximum atomic E-state index is 5.76. The molecule has 0 aliphatic heterocycles. The van der Waals surface area contributed by atoms with Crippen molar-refractivity contribution in [2.24, 2.45) is 0 Å². The van der Waals surface area contributed by atoms with Crippen molar-refractivity contribution in [3.63, 3.8) is 0 Å². The number of fused-ring (bicyclic) bond motifs is 3. The van der Waals surface area contributed by atoms with E-state index in [2.05, 4.69) is 45.6 Å². The SMILES string of the molecule is COc1cc2c(cc1-c1c(C)noc1C)[nH]c1nc(C)nc(Nc3cccc(C)c3)c12. The van der Waals surface area contributed by atoms with Gasteiger partial charge in [0.05, 0.1) is 23.8 Å². The monoisotopic (exact) mass is 413 g/mol. The largest absolute Gasteiger partial charge is 0.496 e. The van der Waals surface area contributed by atoms with Gasteiger partial charge in [0.25, 0.3) is 0 Å². The molecule has 0 amide bonds. The van der Waals surface area contributed by atoms with E-state index in [1.807, 2.05) is 39.0 Å². The molecule has 2 N–H and O–H groups in total. The Labute approximate surface area is 179 Å². The lowest BCUT2D eigenvalue weighted by molar-refractivity contribution is 0.393. The van der Waals surface area contributed by atoms with Gasteiger partial charge in [0.15, 0.2) is 0 Å². The Morgan fingerprint density at radius 2 is 1.87 bits per heavy atom. The summed E-state index contributed by atoms with van der Waals surface area (Å²) in [7, 11) is 1.67. The van der Waals surface area contributed by atoms with Crippen LogP contribution in [-0.2, 0) is 0 Å². The van der Waals surface area contributed by atoms with E-state index in [0.717, 1.165) is 61.8 Å². The highest BCUT2D eigenvalue weighted by atomic mass is 16.5. The summed E-state index contributed by atoms with van der Waals surface area (Å²) in [6, 6.07) is 12.3. The predicted octanol–water partition coefficient (Wildman–Crippen LogP) is 5.75. The third-order valence-corrected chi connectivity index (χ3v) is 5.47. The fourth-order valence-corrected chi connectivity index (χ4v) is 4.12. The Morgan fingerprint density at radius 3 is 2.58 bits per heavy atom. The van der Waals surface area contributed by atoms with Crippen LogP contribution in [0.3, 0.4) is 0 Å². The highest BCUT2D eigenvalue weighted by molar-refractivity contribution is 6.13. The molecule has 0 spiro atoms. The molecular formula is C24H23N5O2. The van der Waals surface area contributed by atoms with E-state index < -0.39 is 0 Å². The molecular weight excluding hydrogens is 390 g/mol. The highest BCUT2D eigenvalue weighted by Gasteiger charge is 2.20. The molecule has 0 fully saturated rings. The van der Waals surface area contributed by atoms with Crippen molar-refractivity contribution in [1.82, 2.24) is 20.1 Å². The molecule has 2 aromatic carbocycles. The summed E-state index contributed by atoms with van der Waals surface area (Å²) in [5, 5.41) is 9.47. The molecule has 0 aliphatic carbocycles. The van der Waals surface area contributed by atoms with Crippen LogP contribution in [-0.4, -0.2) is 27.2 Å². The van der Waals surface area contributed by atoms with Crippen LogP contribution in [0, 0.1) is 27.7 Å². The fraction of sp³-hybridized carbons (Fsp3) is 0.208. The summed E-state index contributed by atoms with van der Waals surface area (Å²) in [6.45, 7) is 7.79. The van der Waals surface area contributed by atoms with Gasteiger partial charge in [0, 0.05) is 22.2 Å². The Balaban J connectivity index is 1.76. The number of hydrogen-bond donors (Lipinski definition) is 2. The minimum atomic E-state index is 0.687. The van der Waals surface area contributed by atoms with Gasteiger partial charge >= 0.3 is 0 Å². The summed E-state index contributed by atoms with van der Waals surface area (Å²) in [4.78, 5) is 12.8. The minimum Gasteiger partial charge on any atom is -0.496 e. The first-order chi connectivity index (χ1) is 14.9. The van der Waals surface area contributed by atoms with E-state index in [0.29, 0.717) is 5.82 Å². The Morgan fingerprint density at radius 1 is 1.03 bits per heavy atom. The third kappa shape index (κ3) is 3.18. The number of nitrogens with zero attached hydrogens (tertiary/aromatic N) is 3. The van der Waals surface area contributed by atoms with Gasteiger partial charge in [-0.1, -0.05) is 17.3 Å². The highest BCUT2D eigenvalue weighted by Crippen LogP contribution is 2.40. The smallest absolute Gasteiger partial charge is 0.144 e. The van der Waals surface area contributed by atoms with Crippen molar-refractivity contribution in [3.05, 3.63) is 59.2 Å². The van der Waals surface area contributed by atoms with E-state index in [-0.39, 0.29) is 0 Å². The van der Waals surface area contributed by atoms with E-state index >= 15 is 0 Å². The lowest BCUT2D eigenvalue weighted by atomic mass is 10.0. The zero-order chi connectivity index (χ0) is 21.7. The van der Waals surface area contributed by atoms with Gasteiger partial charge in [-0.2, -0.15) is 0 Å². The van der Waals surface area contributed by atoms with E-state index in [1.54, 1.807) is 7.11 Å². The quantitative estimate of drug-likeness (QED) is 0.390. The third-order valence-electron chi connectivity index (χ3n) is 5.47.